The first-order valence-corrected chi connectivity index (χ1v) is 6.43. The van der Waals surface area contributed by atoms with Crippen molar-refractivity contribution in [3.8, 4) is 5.75 Å². The molecule has 0 aliphatic rings. The summed E-state index contributed by atoms with van der Waals surface area (Å²) in [5.74, 6) is 1.08. The summed E-state index contributed by atoms with van der Waals surface area (Å²) in [6.07, 6.45) is 0. The van der Waals surface area contributed by atoms with Crippen LogP contribution in [0.5, 0.6) is 5.75 Å². The molecule has 0 amide bonds. The molecule has 0 radical (unpaired) electrons. The van der Waals surface area contributed by atoms with E-state index in [1.54, 1.807) is 0 Å². The fourth-order valence-electron chi connectivity index (χ4n) is 1.37. The zero-order valence-corrected chi connectivity index (χ0v) is 10.2. The van der Waals surface area contributed by atoms with Crippen molar-refractivity contribution in [1.29, 1.82) is 0 Å². The molecule has 94 valence electrons. The van der Waals surface area contributed by atoms with E-state index in [0.717, 1.165) is 0 Å². The number of non-ortho nitro benzene ring substituents is 1. The van der Waals surface area contributed by atoms with Crippen molar-refractivity contribution in [1.82, 2.24) is 0 Å². The highest BCUT2D eigenvalue weighted by atomic mass is 32.2. The molecule has 0 aromatic heterocycles. The predicted molar refractivity (Wildman–Crippen MR) is 65.4 cm³/mol. The van der Waals surface area contributed by atoms with Gasteiger partial charge < -0.3 is 10.5 Å². The monoisotopic (exact) mass is 258 g/mol. The number of ether oxygens (including phenoxy) is 1. The molecule has 0 bridgehead atoms. The Hall–Kier alpha value is -1.47. The number of nitrogens with two attached hydrogens (primary N) is 1. The normalized spacial score (nSPS) is 12.1. The summed E-state index contributed by atoms with van der Waals surface area (Å²) in [6.45, 7) is 0.323. The lowest BCUT2D eigenvalue weighted by molar-refractivity contribution is -0.384. The largest absolute Gasteiger partial charge is 0.496 e. The van der Waals surface area contributed by atoms with Crippen molar-refractivity contribution in [3.05, 3.63) is 33.9 Å². The topological polar surface area (TPSA) is 95.5 Å². The Morgan fingerprint density at radius 3 is 2.76 bits per heavy atom. The van der Waals surface area contributed by atoms with E-state index in [0.29, 0.717) is 23.6 Å². The Morgan fingerprint density at radius 2 is 2.24 bits per heavy atom. The maximum atomic E-state index is 11.6. The van der Waals surface area contributed by atoms with Crippen LogP contribution in [-0.4, -0.2) is 28.5 Å². The highest BCUT2D eigenvalue weighted by Gasteiger charge is 2.13. The lowest BCUT2D eigenvalue weighted by Gasteiger charge is -2.07. The summed E-state index contributed by atoms with van der Waals surface area (Å²) >= 11 is 0. The van der Waals surface area contributed by atoms with Crippen molar-refractivity contribution < 1.29 is 13.9 Å². The third-order valence-corrected chi connectivity index (χ3v) is 3.46. The number of nitrogens with zero attached hydrogens (tertiary/aromatic N) is 1. The average Bonchev–Trinajstić information content (AvgIpc) is 2.29. The third kappa shape index (κ3) is 3.79. The summed E-state index contributed by atoms with van der Waals surface area (Å²) in [5.41, 5.74) is 5.83. The number of nitro benzene ring substituents is 1. The van der Waals surface area contributed by atoms with Crippen LogP contribution in [0.4, 0.5) is 5.69 Å². The van der Waals surface area contributed by atoms with Crippen LogP contribution < -0.4 is 10.5 Å². The molecule has 0 saturated heterocycles. The Morgan fingerprint density at radius 1 is 1.53 bits per heavy atom. The number of nitro groups is 1. The van der Waals surface area contributed by atoms with Crippen LogP contribution in [0.25, 0.3) is 0 Å². The standard InChI is InChI=1S/C10H14N2O4S/c1-16-10-3-2-9(12(13)14)6-8(10)7-17(15)5-4-11/h2-3,6H,4-5,7,11H2,1H3. The van der Waals surface area contributed by atoms with E-state index < -0.39 is 15.7 Å². The molecule has 1 unspecified atom stereocenters. The number of benzene rings is 1. The molecule has 1 aromatic rings. The van der Waals surface area contributed by atoms with Crippen LogP contribution in [-0.2, 0) is 16.6 Å². The Bertz CT molecular complexity index is 436. The summed E-state index contributed by atoms with van der Waals surface area (Å²) < 4.78 is 16.6. The zero-order chi connectivity index (χ0) is 12.8. The Kier molecular flexibility index (Phi) is 5.05. The van der Waals surface area contributed by atoms with Crippen LogP contribution in [0, 0.1) is 10.1 Å². The van der Waals surface area contributed by atoms with Gasteiger partial charge in [0.2, 0.25) is 0 Å². The molecule has 0 saturated carbocycles. The molecule has 6 nitrogen and oxygen atoms in total. The molecule has 0 spiro atoms. The minimum atomic E-state index is -1.13. The number of methoxy groups -OCH3 is 1. The fraction of sp³-hybridized carbons (Fsp3) is 0.400. The SMILES string of the molecule is COc1ccc([N+](=O)[O-])cc1CS(=O)CCN. The molecule has 17 heavy (non-hydrogen) atoms. The van der Waals surface area contributed by atoms with Crippen LogP contribution >= 0.6 is 0 Å². The maximum Gasteiger partial charge on any atom is 0.270 e. The Labute approximate surface area is 101 Å². The molecule has 0 heterocycles. The summed E-state index contributed by atoms with van der Waals surface area (Å²) in [6, 6.07) is 4.24. The molecule has 1 aromatic carbocycles. The van der Waals surface area contributed by atoms with Gasteiger partial charge in [-0.15, -0.1) is 0 Å². The summed E-state index contributed by atoms with van der Waals surface area (Å²) in [5, 5.41) is 10.6. The van der Waals surface area contributed by atoms with Crippen LogP contribution in [0.1, 0.15) is 5.56 Å². The van der Waals surface area contributed by atoms with Crippen molar-refractivity contribution in [2.24, 2.45) is 5.73 Å². The van der Waals surface area contributed by atoms with E-state index in [4.69, 9.17) is 10.5 Å². The van der Waals surface area contributed by atoms with Crippen molar-refractivity contribution in [2.75, 3.05) is 19.4 Å². The summed E-state index contributed by atoms with van der Waals surface area (Å²) in [4.78, 5) is 10.1. The second kappa shape index (κ2) is 6.31. The van der Waals surface area contributed by atoms with E-state index in [-0.39, 0.29) is 11.4 Å². The molecular formula is C10H14N2O4S. The van der Waals surface area contributed by atoms with Gasteiger partial charge in [-0.2, -0.15) is 0 Å². The first-order valence-electron chi connectivity index (χ1n) is 4.94. The van der Waals surface area contributed by atoms with Crippen LogP contribution in [0.2, 0.25) is 0 Å². The van der Waals surface area contributed by atoms with Gasteiger partial charge in [-0.3, -0.25) is 14.3 Å². The molecular weight excluding hydrogens is 244 g/mol. The van der Waals surface area contributed by atoms with E-state index in [9.17, 15) is 14.3 Å². The van der Waals surface area contributed by atoms with Gasteiger partial charge in [0.1, 0.15) is 5.75 Å². The minimum Gasteiger partial charge on any atom is -0.496 e. The van der Waals surface area contributed by atoms with Gasteiger partial charge in [0, 0.05) is 40.8 Å². The molecule has 0 aliphatic heterocycles. The van der Waals surface area contributed by atoms with Gasteiger partial charge in [0.05, 0.1) is 17.8 Å². The van der Waals surface area contributed by atoms with E-state index >= 15 is 0 Å². The third-order valence-electron chi connectivity index (χ3n) is 2.14. The second-order valence-corrected chi connectivity index (χ2v) is 4.91. The number of hydrogen-bond acceptors (Lipinski definition) is 5. The van der Waals surface area contributed by atoms with Gasteiger partial charge in [0.25, 0.3) is 5.69 Å². The van der Waals surface area contributed by atoms with E-state index in [1.165, 1.54) is 25.3 Å². The van der Waals surface area contributed by atoms with Gasteiger partial charge in [0.15, 0.2) is 0 Å². The van der Waals surface area contributed by atoms with Gasteiger partial charge in [-0.1, -0.05) is 0 Å². The number of rotatable bonds is 6. The van der Waals surface area contributed by atoms with Gasteiger partial charge >= 0.3 is 0 Å². The zero-order valence-electron chi connectivity index (χ0n) is 9.42. The van der Waals surface area contributed by atoms with Crippen molar-refractivity contribution in [2.45, 2.75) is 5.75 Å². The highest BCUT2D eigenvalue weighted by molar-refractivity contribution is 7.84. The first-order chi connectivity index (χ1) is 8.08. The molecule has 1 rings (SSSR count). The molecule has 7 heteroatoms. The molecule has 1 atom stereocenters. The second-order valence-electron chi connectivity index (χ2n) is 3.33. The van der Waals surface area contributed by atoms with E-state index in [1.807, 2.05) is 0 Å². The summed E-state index contributed by atoms with van der Waals surface area (Å²) in [7, 11) is 0.337. The maximum absolute atomic E-state index is 11.6. The van der Waals surface area contributed by atoms with Crippen molar-refractivity contribution in [3.63, 3.8) is 0 Å². The smallest absolute Gasteiger partial charge is 0.270 e. The lowest BCUT2D eigenvalue weighted by Crippen LogP contribution is -2.12. The molecule has 2 N–H and O–H groups in total. The lowest BCUT2D eigenvalue weighted by atomic mass is 10.2. The highest BCUT2D eigenvalue weighted by Crippen LogP contribution is 2.25. The quantitative estimate of drug-likeness (QED) is 0.601. The molecule has 0 aliphatic carbocycles. The van der Waals surface area contributed by atoms with Gasteiger partial charge in [-0.05, 0) is 6.07 Å². The Balaban J connectivity index is 2.97. The molecule has 0 fully saturated rings. The number of hydrogen-bond donors (Lipinski definition) is 1. The average molecular weight is 258 g/mol. The van der Waals surface area contributed by atoms with Crippen LogP contribution in [0.15, 0.2) is 18.2 Å². The van der Waals surface area contributed by atoms with Crippen LogP contribution in [0.3, 0.4) is 0 Å². The first kappa shape index (κ1) is 13.6. The van der Waals surface area contributed by atoms with E-state index in [2.05, 4.69) is 0 Å². The predicted octanol–water partition coefficient (Wildman–Crippen LogP) is 0.811. The minimum absolute atomic E-state index is 0.0365. The fourth-order valence-corrected chi connectivity index (χ4v) is 2.35. The van der Waals surface area contributed by atoms with Crippen molar-refractivity contribution >= 4 is 16.5 Å². The van der Waals surface area contributed by atoms with Gasteiger partial charge in [-0.25, -0.2) is 0 Å².